The van der Waals surface area contributed by atoms with Gasteiger partial charge in [-0.2, -0.15) is 0 Å². The van der Waals surface area contributed by atoms with E-state index < -0.39 is 5.60 Å². The highest BCUT2D eigenvalue weighted by Crippen LogP contribution is 2.37. The molecule has 1 saturated heterocycles. The standard InChI is InChI=1S/C30H32ClNO4S/c1-20(33)30(2,3)36-26-7-5-6-22(17-26)28-19-32(29(34)35-25-12-10-24(31)11-13-25)18-23(28)16-21-8-14-27(37-4)15-9-21/h5-15,17,23,28H,16,18-19H2,1-4H3/t23-,28+/m0/s1. The van der Waals surface area contributed by atoms with E-state index in [1.165, 1.54) is 17.4 Å². The van der Waals surface area contributed by atoms with Gasteiger partial charge in [0.25, 0.3) is 0 Å². The Hall–Kier alpha value is -2.96. The van der Waals surface area contributed by atoms with Crippen LogP contribution in [-0.4, -0.2) is 41.7 Å². The lowest BCUT2D eigenvalue weighted by molar-refractivity contribution is -0.129. The number of thioether (sulfide) groups is 1. The molecule has 37 heavy (non-hydrogen) atoms. The van der Waals surface area contributed by atoms with Gasteiger partial charge in [-0.15, -0.1) is 11.8 Å². The van der Waals surface area contributed by atoms with E-state index in [9.17, 15) is 9.59 Å². The summed E-state index contributed by atoms with van der Waals surface area (Å²) in [6.07, 6.45) is 2.51. The Morgan fingerprint density at radius 1 is 1.00 bits per heavy atom. The van der Waals surface area contributed by atoms with Crippen LogP contribution in [0.4, 0.5) is 4.79 Å². The van der Waals surface area contributed by atoms with Crippen molar-refractivity contribution < 1.29 is 19.1 Å². The smallest absolute Gasteiger partial charge is 0.415 e. The number of ether oxygens (including phenoxy) is 2. The van der Waals surface area contributed by atoms with Crippen molar-refractivity contribution in [2.24, 2.45) is 5.92 Å². The number of halogens is 1. The van der Waals surface area contributed by atoms with Gasteiger partial charge in [0.05, 0.1) is 0 Å². The molecule has 4 rings (SSSR count). The van der Waals surface area contributed by atoms with E-state index in [2.05, 4.69) is 36.6 Å². The summed E-state index contributed by atoms with van der Waals surface area (Å²) >= 11 is 7.68. The van der Waals surface area contributed by atoms with Crippen molar-refractivity contribution in [2.45, 2.75) is 43.6 Å². The number of amides is 1. The second kappa shape index (κ2) is 11.6. The van der Waals surface area contributed by atoms with Crippen LogP contribution >= 0.6 is 23.4 Å². The molecule has 1 fully saturated rings. The SMILES string of the molecule is CSc1ccc(C[C@H]2CN(C(=O)Oc3ccc(Cl)cc3)C[C@@H]2c2cccc(OC(C)(C)C(C)=O)c2)cc1. The molecule has 0 N–H and O–H groups in total. The zero-order valence-electron chi connectivity index (χ0n) is 21.6. The Bertz CT molecular complexity index is 1240. The summed E-state index contributed by atoms with van der Waals surface area (Å²) in [4.78, 5) is 28.1. The molecule has 0 bridgehead atoms. The van der Waals surface area contributed by atoms with Gasteiger partial charge in [0.15, 0.2) is 11.4 Å². The van der Waals surface area contributed by atoms with Crippen LogP contribution in [0.25, 0.3) is 0 Å². The van der Waals surface area contributed by atoms with Crippen LogP contribution in [-0.2, 0) is 11.2 Å². The van der Waals surface area contributed by atoms with E-state index >= 15 is 0 Å². The second-order valence-corrected chi connectivity index (χ2v) is 11.2. The number of carbonyl (C=O) groups is 2. The third-order valence-electron chi connectivity index (χ3n) is 6.88. The summed E-state index contributed by atoms with van der Waals surface area (Å²) in [6, 6.07) is 23.2. The normalized spacial score (nSPS) is 17.5. The predicted octanol–water partition coefficient (Wildman–Crippen LogP) is 7.27. The topological polar surface area (TPSA) is 55.8 Å². The van der Waals surface area contributed by atoms with Gasteiger partial charge in [-0.3, -0.25) is 4.79 Å². The number of benzene rings is 3. The summed E-state index contributed by atoms with van der Waals surface area (Å²) in [7, 11) is 0. The Morgan fingerprint density at radius 3 is 2.35 bits per heavy atom. The number of rotatable bonds is 8. The monoisotopic (exact) mass is 537 g/mol. The molecule has 3 aromatic rings. The first-order chi connectivity index (χ1) is 17.6. The molecule has 5 nitrogen and oxygen atoms in total. The molecule has 1 aliphatic rings. The average Bonchev–Trinajstić information content (AvgIpc) is 3.29. The third-order valence-corrected chi connectivity index (χ3v) is 7.88. The van der Waals surface area contributed by atoms with Crippen molar-refractivity contribution in [3.8, 4) is 11.5 Å². The lowest BCUT2D eigenvalue weighted by Gasteiger charge is -2.25. The van der Waals surface area contributed by atoms with Crippen LogP contribution in [0.2, 0.25) is 5.02 Å². The average molecular weight is 538 g/mol. The Labute approximate surface area is 228 Å². The third kappa shape index (κ3) is 6.88. The lowest BCUT2D eigenvalue weighted by atomic mass is 9.85. The van der Waals surface area contributed by atoms with Gasteiger partial charge in [-0.1, -0.05) is 35.9 Å². The summed E-state index contributed by atoms with van der Waals surface area (Å²) in [5.74, 6) is 1.34. The molecule has 0 spiro atoms. The molecule has 0 saturated carbocycles. The van der Waals surface area contributed by atoms with Gasteiger partial charge in [0.1, 0.15) is 11.5 Å². The zero-order chi connectivity index (χ0) is 26.6. The molecular formula is C30H32ClNO4S. The van der Waals surface area contributed by atoms with Crippen molar-refractivity contribution in [2.75, 3.05) is 19.3 Å². The summed E-state index contributed by atoms with van der Waals surface area (Å²) in [5.41, 5.74) is 1.39. The minimum Gasteiger partial charge on any atom is -0.480 e. The van der Waals surface area contributed by atoms with Crippen molar-refractivity contribution >= 4 is 35.2 Å². The summed E-state index contributed by atoms with van der Waals surface area (Å²) in [5, 5.41) is 0.587. The minimum absolute atomic E-state index is 0.0403. The van der Waals surface area contributed by atoms with Crippen LogP contribution in [0.3, 0.4) is 0 Å². The van der Waals surface area contributed by atoms with Crippen LogP contribution in [0.15, 0.2) is 77.7 Å². The molecule has 194 valence electrons. The van der Waals surface area contributed by atoms with Crippen LogP contribution in [0.1, 0.15) is 37.8 Å². The van der Waals surface area contributed by atoms with Crippen molar-refractivity contribution in [1.82, 2.24) is 4.90 Å². The highest BCUT2D eigenvalue weighted by molar-refractivity contribution is 7.98. The Morgan fingerprint density at radius 2 is 1.70 bits per heavy atom. The number of Topliss-reactive ketones (excluding diaryl/α,β-unsaturated/α-hetero) is 1. The fraction of sp³-hybridized carbons (Fsp3) is 0.333. The van der Waals surface area contributed by atoms with E-state index in [1.807, 2.05) is 18.2 Å². The first kappa shape index (κ1) is 27.1. The molecular weight excluding hydrogens is 506 g/mol. The number of hydrogen-bond donors (Lipinski definition) is 0. The Kier molecular flexibility index (Phi) is 8.50. The lowest BCUT2D eigenvalue weighted by Crippen LogP contribution is -2.36. The van der Waals surface area contributed by atoms with Crippen LogP contribution < -0.4 is 9.47 Å². The summed E-state index contributed by atoms with van der Waals surface area (Å²) < 4.78 is 11.7. The van der Waals surface area contributed by atoms with Crippen LogP contribution in [0.5, 0.6) is 11.5 Å². The fourth-order valence-electron chi connectivity index (χ4n) is 4.51. The first-order valence-electron chi connectivity index (χ1n) is 12.3. The van der Waals surface area contributed by atoms with Gasteiger partial charge in [-0.05, 0) is 99.0 Å². The number of nitrogens with zero attached hydrogens (tertiary/aromatic N) is 1. The fourth-order valence-corrected chi connectivity index (χ4v) is 5.05. The molecule has 0 radical (unpaired) electrons. The van der Waals surface area contributed by atoms with E-state index in [-0.39, 0.29) is 23.7 Å². The quantitative estimate of drug-likeness (QED) is 0.283. The molecule has 0 aliphatic carbocycles. The molecule has 1 aliphatic heterocycles. The number of carbonyl (C=O) groups excluding carboxylic acids is 2. The minimum atomic E-state index is -0.916. The van der Waals surface area contributed by atoms with Crippen molar-refractivity contribution in [1.29, 1.82) is 0 Å². The van der Waals surface area contributed by atoms with Gasteiger partial charge in [-0.25, -0.2) is 4.79 Å². The van der Waals surface area contributed by atoms with Crippen molar-refractivity contribution in [3.05, 3.63) is 88.9 Å². The second-order valence-electron chi connectivity index (χ2n) is 9.89. The van der Waals surface area contributed by atoms with E-state index in [0.717, 1.165) is 12.0 Å². The molecule has 0 aromatic heterocycles. The highest BCUT2D eigenvalue weighted by atomic mass is 35.5. The predicted molar refractivity (Wildman–Crippen MR) is 149 cm³/mol. The maximum absolute atomic E-state index is 13.1. The highest BCUT2D eigenvalue weighted by Gasteiger charge is 2.37. The summed E-state index contributed by atoms with van der Waals surface area (Å²) in [6.45, 7) is 6.18. The molecule has 0 unspecified atom stereocenters. The molecule has 3 aromatic carbocycles. The number of hydrogen-bond acceptors (Lipinski definition) is 5. The number of ketones is 1. The van der Waals surface area contributed by atoms with E-state index in [0.29, 0.717) is 29.6 Å². The molecule has 7 heteroatoms. The van der Waals surface area contributed by atoms with Crippen LogP contribution in [0, 0.1) is 5.92 Å². The molecule has 1 heterocycles. The number of likely N-dealkylation sites (tertiary alicyclic amines) is 1. The van der Waals surface area contributed by atoms with Crippen molar-refractivity contribution in [3.63, 3.8) is 0 Å². The molecule has 2 atom stereocenters. The first-order valence-corrected chi connectivity index (χ1v) is 13.9. The van der Waals surface area contributed by atoms with Gasteiger partial charge in [0, 0.05) is 28.9 Å². The molecule has 1 amide bonds. The zero-order valence-corrected chi connectivity index (χ0v) is 23.1. The van der Waals surface area contributed by atoms with Gasteiger partial charge >= 0.3 is 6.09 Å². The van der Waals surface area contributed by atoms with Gasteiger partial charge in [0.2, 0.25) is 0 Å². The van der Waals surface area contributed by atoms with Gasteiger partial charge < -0.3 is 14.4 Å². The van der Waals surface area contributed by atoms with E-state index in [4.69, 9.17) is 21.1 Å². The maximum Gasteiger partial charge on any atom is 0.415 e. The van der Waals surface area contributed by atoms with E-state index in [1.54, 1.807) is 54.8 Å². The maximum atomic E-state index is 13.1. The largest absolute Gasteiger partial charge is 0.480 e. The Balaban J connectivity index is 1.57.